The van der Waals surface area contributed by atoms with Crippen LogP contribution in [0.25, 0.3) is 0 Å². The van der Waals surface area contributed by atoms with Crippen LogP contribution >= 0.6 is 0 Å². The topological polar surface area (TPSA) is 81.7 Å². The molecule has 8 nitrogen and oxygen atoms in total. The van der Waals surface area contributed by atoms with Crippen LogP contribution in [0.1, 0.15) is 28.8 Å². The van der Waals surface area contributed by atoms with Crippen molar-refractivity contribution >= 4 is 29.1 Å². The van der Waals surface area contributed by atoms with Gasteiger partial charge >= 0.3 is 0 Å². The third-order valence-corrected chi connectivity index (χ3v) is 5.87. The molecular weight excluding hydrogens is 368 g/mol. The molecule has 3 aliphatic heterocycles. The summed E-state index contributed by atoms with van der Waals surface area (Å²) >= 11 is 0. The number of fused-ring (bicyclic) bond motifs is 1. The fourth-order valence-corrected chi connectivity index (χ4v) is 4.31. The van der Waals surface area contributed by atoms with E-state index in [2.05, 4.69) is 26.3 Å². The van der Waals surface area contributed by atoms with Crippen LogP contribution in [0.5, 0.6) is 0 Å². The molecule has 2 aromatic rings. The third-order valence-electron chi connectivity index (χ3n) is 5.87. The van der Waals surface area contributed by atoms with E-state index in [-0.39, 0.29) is 11.8 Å². The number of nitrogens with one attached hydrogen (secondary N) is 1. The number of benzene rings is 1. The van der Waals surface area contributed by atoms with E-state index in [1.165, 1.54) is 5.56 Å². The first-order valence-electron chi connectivity index (χ1n) is 10.2. The van der Waals surface area contributed by atoms with Gasteiger partial charge in [-0.3, -0.25) is 9.59 Å². The number of hydrogen-bond donors (Lipinski definition) is 1. The van der Waals surface area contributed by atoms with Crippen LogP contribution in [0.3, 0.4) is 0 Å². The standard InChI is InChI=1S/C21H24N6O2/c28-19-2-1-8-26(19)17-3-4-18-15(12-17)5-9-27(18)21-23-13-16(14-24-21)20(29)25-10-6-22-7-11-25/h3-4,12-14,22H,1-2,5-11H2. The SMILES string of the molecule is O=C(c1cnc(N2CCc3cc(N4CCCC4=O)ccc32)nc1)N1CCNCC1. The Labute approximate surface area is 169 Å². The molecule has 4 heterocycles. The summed E-state index contributed by atoms with van der Waals surface area (Å²) in [6.07, 6.45) is 5.70. The van der Waals surface area contributed by atoms with Gasteiger partial charge in [-0.05, 0) is 36.6 Å². The minimum Gasteiger partial charge on any atom is -0.336 e. The van der Waals surface area contributed by atoms with Crippen molar-refractivity contribution in [3.8, 4) is 0 Å². The van der Waals surface area contributed by atoms with Crippen LogP contribution < -0.4 is 15.1 Å². The number of hydrogen-bond acceptors (Lipinski definition) is 6. The molecule has 2 fully saturated rings. The average molecular weight is 392 g/mol. The average Bonchev–Trinajstić information content (AvgIpc) is 3.39. The van der Waals surface area contributed by atoms with Crippen LogP contribution in [0.2, 0.25) is 0 Å². The number of carbonyl (C=O) groups excluding carboxylic acids is 2. The predicted octanol–water partition coefficient (Wildman–Crippen LogP) is 1.34. The van der Waals surface area contributed by atoms with Crippen molar-refractivity contribution in [3.63, 3.8) is 0 Å². The molecule has 2 saturated heterocycles. The Morgan fingerprint density at radius 3 is 2.48 bits per heavy atom. The summed E-state index contributed by atoms with van der Waals surface area (Å²) < 4.78 is 0. The van der Waals surface area contributed by atoms with Gasteiger partial charge in [-0.2, -0.15) is 0 Å². The van der Waals surface area contributed by atoms with E-state index in [1.54, 1.807) is 12.4 Å². The lowest BCUT2D eigenvalue weighted by atomic mass is 10.1. The molecule has 0 unspecified atom stereocenters. The minimum atomic E-state index is -0.0141. The van der Waals surface area contributed by atoms with E-state index >= 15 is 0 Å². The van der Waals surface area contributed by atoms with E-state index in [4.69, 9.17) is 0 Å². The molecule has 3 aliphatic rings. The molecule has 1 N–H and O–H groups in total. The van der Waals surface area contributed by atoms with E-state index in [0.717, 1.165) is 50.4 Å². The molecule has 8 heteroatoms. The van der Waals surface area contributed by atoms with Crippen molar-refractivity contribution in [1.82, 2.24) is 20.2 Å². The van der Waals surface area contributed by atoms with Crippen LogP contribution in [0, 0.1) is 0 Å². The summed E-state index contributed by atoms with van der Waals surface area (Å²) in [6.45, 7) is 4.65. The maximum Gasteiger partial charge on any atom is 0.257 e. The Morgan fingerprint density at radius 1 is 0.966 bits per heavy atom. The monoisotopic (exact) mass is 392 g/mol. The number of nitrogens with zero attached hydrogens (tertiary/aromatic N) is 5. The first kappa shape index (κ1) is 18.1. The molecule has 0 radical (unpaired) electrons. The van der Waals surface area contributed by atoms with Gasteiger partial charge in [0.15, 0.2) is 0 Å². The summed E-state index contributed by atoms with van der Waals surface area (Å²) in [4.78, 5) is 39.3. The molecule has 0 aliphatic carbocycles. The lowest BCUT2D eigenvalue weighted by Crippen LogP contribution is -2.46. The Balaban J connectivity index is 1.34. The van der Waals surface area contributed by atoms with Gasteiger partial charge in [0.25, 0.3) is 5.91 Å². The summed E-state index contributed by atoms with van der Waals surface area (Å²) in [7, 11) is 0. The van der Waals surface area contributed by atoms with Crippen molar-refractivity contribution in [3.05, 3.63) is 41.7 Å². The smallest absolute Gasteiger partial charge is 0.257 e. The molecule has 1 aromatic heterocycles. The van der Waals surface area contributed by atoms with Gasteiger partial charge in [-0.25, -0.2) is 9.97 Å². The Kier molecular flexibility index (Phi) is 4.63. The van der Waals surface area contributed by atoms with Gasteiger partial charge in [0.1, 0.15) is 0 Å². The molecule has 1 aromatic carbocycles. The van der Waals surface area contributed by atoms with Crippen LogP contribution in [0.15, 0.2) is 30.6 Å². The molecule has 0 bridgehead atoms. The van der Waals surface area contributed by atoms with E-state index in [0.29, 0.717) is 31.0 Å². The van der Waals surface area contributed by atoms with Gasteiger partial charge in [0.2, 0.25) is 11.9 Å². The van der Waals surface area contributed by atoms with Crippen LogP contribution in [-0.4, -0.2) is 66.0 Å². The van der Waals surface area contributed by atoms with Crippen molar-refractivity contribution < 1.29 is 9.59 Å². The summed E-state index contributed by atoms with van der Waals surface area (Å²) in [5, 5.41) is 3.25. The lowest BCUT2D eigenvalue weighted by Gasteiger charge is -2.27. The van der Waals surface area contributed by atoms with Crippen LogP contribution in [-0.2, 0) is 11.2 Å². The number of aromatic nitrogens is 2. The first-order valence-corrected chi connectivity index (χ1v) is 10.2. The highest BCUT2D eigenvalue weighted by Gasteiger charge is 2.27. The van der Waals surface area contributed by atoms with Crippen molar-refractivity contribution in [1.29, 1.82) is 0 Å². The summed E-state index contributed by atoms with van der Waals surface area (Å²) in [5.41, 5.74) is 3.78. The van der Waals surface area contributed by atoms with Gasteiger partial charge in [-0.1, -0.05) is 0 Å². The molecule has 5 rings (SSSR count). The molecular formula is C21H24N6O2. The highest BCUT2D eigenvalue weighted by Crippen LogP contribution is 2.36. The van der Waals surface area contributed by atoms with Crippen LogP contribution in [0.4, 0.5) is 17.3 Å². The minimum absolute atomic E-state index is 0.0141. The highest BCUT2D eigenvalue weighted by atomic mass is 16.2. The van der Waals surface area contributed by atoms with Crippen molar-refractivity contribution in [2.75, 3.05) is 49.1 Å². The van der Waals surface area contributed by atoms with Gasteiger partial charge in [0.05, 0.1) is 5.56 Å². The second-order valence-corrected chi connectivity index (χ2v) is 7.68. The number of amides is 2. The molecule has 0 atom stereocenters. The molecule has 150 valence electrons. The second-order valence-electron chi connectivity index (χ2n) is 7.68. The van der Waals surface area contributed by atoms with Gasteiger partial charge in [0, 0.05) is 69.5 Å². The summed E-state index contributed by atoms with van der Waals surface area (Å²) in [5.74, 6) is 0.790. The third kappa shape index (κ3) is 3.33. The predicted molar refractivity (Wildman–Crippen MR) is 110 cm³/mol. The maximum atomic E-state index is 12.6. The molecule has 2 amide bonds. The number of carbonyl (C=O) groups is 2. The van der Waals surface area contributed by atoms with E-state index in [1.807, 2.05) is 21.9 Å². The summed E-state index contributed by atoms with van der Waals surface area (Å²) in [6, 6.07) is 6.16. The van der Waals surface area contributed by atoms with E-state index in [9.17, 15) is 9.59 Å². The number of rotatable bonds is 3. The number of anilines is 3. The Bertz CT molecular complexity index is 939. The zero-order chi connectivity index (χ0) is 19.8. The fourth-order valence-electron chi connectivity index (χ4n) is 4.31. The van der Waals surface area contributed by atoms with Gasteiger partial charge in [-0.15, -0.1) is 0 Å². The van der Waals surface area contributed by atoms with Gasteiger partial charge < -0.3 is 20.0 Å². The Morgan fingerprint density at radius 2 is 1.76 bits per heavy atom. The normalized spacial score (nSPS) is 19.0. The molecule has 0 saturated carbocycles. The lowest BCUT2D eigenvalue weighted by molar-refractivity contribution is -0.117. The quantitative estimate of drug-likeness (QED) is 0.849. The fraction of sp³-hybridized carbons (Fsp3) is 0.429. The van der Waals surface area contributed by atoms with E-state index < -0.39 is 0 Å². The molecule has 29 heavy (non-hydrogen) atoms. The first-order chi connectivity index (χ1) is 14.2. The van der Waals surface area contributed by atoms with Crippen molar-refractivity contribution in [2.45, 2.75) is 19.3 Å². The largest absolute Gasteiger partial charge is 0.336 e. The Hall–Kier alpha value is -3.00. The van der Waals surface area contributed by atoms with Crippen molar-refractivity contribution in [2.24, 2.45) is 0 Å². The molecule has 0 spiro atoms. The zero-order valence-electron chi connectivity index (χ0n) is 16.3. The maximum absolute atomic E-state index is 12.6. The second kappa shape index (κ2) is 7.44. The zero-order valence-corrected chi connectivity index (χ0v) is 16.3. The number of piperazine rings is 1. The highest BCUT2D eigenvalue weighted by molar-refractivity contribution is 5.96.